The molecule has 2 rings (SSSR count). The Morgan fingerprint density at radius 3 is 2.48 bits per heavy atom. The van der Waals surface area contributed by atoms with Gasteiger partial charge in [0.2, 0.25) is 0 Å². The van der Waals surface area contributed by atoms with E-state index in [4.69, 9.17) is 0 Å². The molecular weight excluding hydrogens is 286 g/mol. The summed E-state index contributed by atoms with van der Waals surface area (Å²) in [5, 5.41) is 3.02. The summed E-state index contributed by atoms with van der Waals surface area (Å²) in [5.41, 5.74) is 4.89. The van der Waals surface area contributed by atoms with Gasteiger partial charge in [0.1, 0.15) is 0 Å². The Morgan fingerprint density at radius 1 is 1.22 bits per heavy atom. The second kappa shape index (κ2) is 7.01. The van der Waals surface area contributed by atoms with Crippen LogP contribution < -0.4 is 5.32 Å². The van der Waals surface area contributed by atoms with E-state index in [0.29, 0.717) is 6.04 Å². The van der Waals surface area contributed by atoms with Crippen molar-refractivity contribution in [1.29, 1.82) is 0 Å². The summed E-state index contributed by atoms with van der Waals surface area (Å²) >= 11 is 0. The topological polar surface area (TPSA) is 37.3 Å². The van der Waals surface area contributed by atoms with Gasteiger partial charge >= 0.3 is 0 Å². The van der Waals surface area contributed by atoms with Crippen LogP contribution in [0.2, 0.25) is 0 Å². The lowest BCUT2D eigenvalue weighted by molar-refractivity contribution is 0.102. The van der Waals surface area contributed by atoms with Crippen LogP contribution in [0.3, 0.4) is 0 Å². The normalized spacial score (nSPS) is 11.3. The molecule has 0 aliphatic rings. The van der Waals surface area contributed by atoms with Gasteiger partial charge in [0, 0.05) is 29.7 Å². The minimum absolute atomic E-state index is 0.0491. The lowest BCUT2D eigenvalue weighted by Gasteiger charge is -2.14. The minimum atomic E-state index is -0.0491. The third-order valence-electron chi connectivity index (χ3n) is 3.93. The van der Waals surface area contributed by atoms with Crippen molar-refractivity contribution in [2.45, 2.75) is 40.3 Å². The monoisotopic (exact) mass is 313 g/mol. The first kappa shape index (κ1) is 17.3. The summed E-state index contributed by atoms with van der Waals surface area (Å²) in [7, 11) is 4.07. The summed E-state index contributed by atoms with van der Waals surface area (Å²) < 4.78 is 2.19. The fraction of sp³-hybridized carbons (Fsp3) is 0.421. The molecule has 1 aromatic carbocycles. The zero-order chi connectivity index (χ0) is 17.1. The minimum Gasteiger partial charge on any atom is -0.346 e. The molecule has 4 heteroatoms. The molecule has 0 saturated heterocycles. The number of nitrogens with one attached hydrogen (secondary N) is 1. The van der Waals surface area contributed by atoms with E-state index in [1.54, 1.807) is 0 Å². The molecule has 0 radical (unpaired) electrons. The SMILES string of the molecule is Cc1cc(C(=O)Nc2cccc(CN(C)C)c2)c(C)n1C(C)C. The van der Waals surface area contributed by atoms with Gasteiger partial charge in [-0.1, -0.05) is 12.1 Å². The molecule has 124 valence electrons. The van der Waals surface area contributed by atoms with Crippen LogP contribution in [0.15, 0.2) is 30.3 Å². The molecule has 0 bridgehead atoms. The number of carbonyl (C=O) groups excluding carboxylic acids is 1. The number of hydrogen-bond acceptors (Lipinski definition) is 2. The van der Waals surface area contributed by atoms with Gasteiger partial charge in [-0.05, 0) is 65.6 Å². The number of carbonyl (C=O) groups is 1. The average Bonchev–Trinajstić information content (AvgIpc) is 2.73. The second-order valence-corrected chi connectivity index (χ2v) is 6.64. The maximum Gasteiger partial charge on any atom is 0.257 e. The van der Waals surface area contributed by atoms with Crippen molar-refractivity contribution < 1.29 is 4.79 Å². The fourth-order valence-electron chi connectivity index (χ4n) is 3.11. The first-order valence-corrected chi connectivity index (χ1v) is 8.03. The summed E-state index contributed by atoms with van der Waals surface area (Å²) in [6.07, 6.45) is 0. The fourth-order valence-corrected chi connectivity index (χ4v) is 3.11. The van der Waals surface area contributed by atoms with Gasteiger partial charge in [-0.3, -0.25) is 4.79 Å². The highest BCUT2D eigenvalue weighted by Crippen LogP contribution is 2.21. The quantitative estimate of drug-likeness (QED) is 0.906. The van der Waals surface area contributed by atoms with Crippen LogP contribution in [0.5, 0.6) is 0 Å². The lowest BCUT2D eigenvalue weighted by atomic mass is 10.1. The van der Waals surface area contributed by atoms with E-state index in [1.165, 1.54) is 5.56 Å². The molecule has 0 aliphatic heterocycles. The zero-order valence-corrected chi connectivity index (χ0v) is 15.0. The third-order valence-corrected chi connectivity index (χ3v) is 3.93. The molecule has 1 N–H and O–H groups in total. The Bertz CT molecular complexity index is 699. The van der Waals surface area contributed by atoms with Gasteiger partial charge in [-0.15, -0.1) is 0 Å². The highest BCUT2D eigenvalue weighted by atomic mass is 16.1. The van der Waals surface area contributed by atoms with E-state index >= 15 is 0 Å². The van der Waals surface area contributed by atoms with E-state index in [0.717, 1.165) is 29.2 Å². The van der Waals surface area contributed by atoms with E-state index < -0.39 is 0 Å². The van der Waals surface area contributed by atoms with Crippen LogP contribution in [0.4, 0.5) is 5.69 Å². The molecule has 1 heterocycles. The van der Waals surface area contributed by atoms with Gasteiger partial charge < -0.3 is 14.8 Å². The van der Waals surface area contributed by atoms with Gasteiger partial charge in [-0.2, -0.15) is 0 Å². The van der Waals surface area contributed by atoms with E-state index in [2.05, 4.69) is 34.7 Å². The van der Waals surface area contributed by atoms with Crippen molar-refractivity contribution in [3.63, 3.8) is 0 Å². The van der Waals surface area contributed by atoms with Gasteiger partial charge in [0.15, 0.2) is 0 Å². The third kappa shape index (κ3) is 4.02. The molecule has 0 fully saturated rings. The van der Waals surface area contributed by atoms with Crippen molar-refractivity contribution in [1.82, 2.24) is 9.47 Å². The number of amides is 1. The average molecular weight is 313 g/mol. The lowest BCUT2D eigenvalue weighted by Crippen LogP contribution is -2.15. The second-order valence-electron chi connectivity index (χ2n) is 6.64. The van der Waals surface area contributed by atoms with Crippen LogP contribution in [-0.2, 0) is 6.54 Å². The van der Waals surface area contributed by atoms with E-state index in [1.807, 2.05) is 52.2 Å². The molecule has 23 heavy (non-hydrogen) atoms. The Morgan fingerprint density at radius 2 is 1.91 bits per heavy atom. The maximum atomic E-state index is 12.6. The molecular formula is C19H27N3O. The maximum absolute atomic E-state index is 12.6. The van der Waals surface area contributed by atoms with Crippen LogP contribution in [-0.4, -0.2) is 29.5 Å². The van der Waals surface area contributed by atoms with Crippen LogP contribution in [0, 0.1) is 13.8 Å². The van der Waals surface area contributed by atoms with E-state index in [-0.39, 0.29) is 5.91 Å². The van der Waals surface area contributed by atoms with Crippen molar-refractivity contribution in [3.8, 4) is 0 Å². The Hall–Kier alpha value is -2.07. The molecule has 0 spiro atoms. The molecule has 1 amide bonds. The highest BCUT2D eigenvalue weighted by molar-refractivity contribution is 6.05. The number of aryl methyl sites for hydroxylation is 1. The Kier molecular flexibility index (Phi) is 5.26. The Labute approximate surface area is 139 Å². The molecule has 4 nitrogen and oxygen atoms in total. The number of hydrogen-bond donors (Lipinski definition) is 1. The smallest absolute Gasteiger partial charge is 0.257 e. The van der Waals surface area contributed by atoms with Crippen molar-refractivity contribution >= 4 is 11.6 Å². The number of anilines is 1. The number of benzene rings is 1. The first-order valence-electron chi connectivity index (χ1n) is 8.03. The van der Waals surface area contributed by atoms with Gasteiger partial charge in [0.25, 0.3) is 5.91 Å². The summed E-state index contributed by atoms with van der Waals surface area (Å²) in [6.45, 7) is 9.16. The first-order chi connectivity index (χ1) is 10.8. The van der Waals surface area contributed by atoms with Crippen molar-refractivity contribution in [3.05, 3.63) is 52.8 Å². The van der Waals surface area contributed by atoms with Crippen molar-refractivity contribution in [2.75, 3.05) is 19.4 Å². The molecule has 0 aliphatic carbocycles. The van der Waals surface area contributed by atoms with E-state index in [9.17, 15) is 4.79 Å². The predicted octanol–water partition coefficient (Wildman–Crippen LogP) is 4.00. The largest absolute Gasteiger partial charge is 0.346 e. The van der Waals surface area contributed by atoms with Crippen LogP contribution in [0.1, 0.15) is 47.2 Å². The highest BCUT2D eigenvalue weighted by Gasteiger charge is 2.17. The van der Waals surface area contributed by atoms with Crippen LogP contribution in [0.25, 0.3) is 0 Å². The zero-order valence-electron chi connectivity index (χ0n) is 15.0. The Balaban J connectivity index is 2.21. The standard InChI is InChI=1S/C19H27N3O/c1-13(2)22-14(3)10-18(15(22)4)19(23)20-17-9-7-8-16(11-17)12-21(5)6/h7-11,13H,12H2,1-6H3,(H,20,23). The van der Waals surface area contributed by atoms with Gasteiger partial charge in [-0.25, -0.2) is 0 Å². The summed E-state index contributed by atoms with van der Waals surface area (Å²) in [4.78, 5) is 14.7. The van der Waals surface area contributed by atoms with Gasteiger partial charge in [0.05, 0.1) is 5.56 Å². The number of rotatable bonds is 5. The molecule has 0 saturated carbocycles. The predicted molar refractivity (Wildman–Crippen MR) is 96.1 cm³/mol. The number of aromatic nitrogens is 1. The molecule has 2 aromatic rings. The number of nitrogens with zero attached hydrogens (tertiary/aromatic N) is 2. The molecule has 0 atom stereocenters. The summed E-state index contributed by atoms with van der Waals surface area (Å²) in [6, 6.07) is 10.3. The molecule has 1 aromatic heterocycles. The molecule has 0 unspecified atom stereocenters. The van der Waals surface area contributed by atoms with Crippen molar-refractivity contribution in [2.24, 2.45) is 0 Å². The van der Waals surface area contributed by atoms with Crippen LogP contribution >= 0.6 is 0 Å². The summed E-state index contributed by atoms with van der Waals surface area (Å²) in [5.74, 6) is -0.0491.